The summed E-state index contributed by atoms with van der Waals surface area (Å²) in [6, 6.07) is 19.1. The van der Waals surface area contributed by atoms with Crippen molar-refractivity contribution in [3.63, 3.8) is 0 Å². The number of amides is 1. The van der Waals surface area contributed by atoms with E-state index in [1.54, 1.807) is 16.8 Å². The lowest BCUT2D eigenvalue weighted by molar-refractivity contribution is 0.102. The van der Waals surface area contributed by atoms with Gasteiger partial charge in [-0.3, -0.25) is 4.79 Å². The van der Waals surface area contributed by atoms with Gasteiger partial charge in [-0.15, -0.1) is 0 Å². The van der Waals surface area contributed by atoms with Crippen molar-refractivity contribution < 1.29 is 4.79 Å². The summed E-state index contributed by atoms with van der Waals surface area (Å²) in [4.78, 5) is 12.7. The molecule has 1 amide bonds. The van der Waals surface area contributed by atoms with Gasteiger partial charge < -0.3 is 5.32 Å². The number of benzene rings is 2. The van der Waals surface area contributed by atoms with Crippen LogP contribution in [0.25, 0.3) is 5.69 Å². The molecule has 5 heteroatoms. The predicted octanol–water partition coefficient (Wildman–Crippen LogP) is 3.81. The molecule has 1 heterocycles. The van der Waals surface area contributed by atoms with Crippen molar-refractivity contribution in [3.05, 3.63) is 77.1 Å². The minimum Gasteiger partial charge on any atom is -0.322 e. The molecule has 0 fully saturated rings. The molecule has 0 atom stereocenters. The van der Waals surface area contributed by atoms with Crippen molar-refractivity contribution in [1.82, 2.24) is 9.78 Å². The van der Waals surface area contributed by atoms with Gasteiger partial charge in [0.25, 0.3) is 5.91 Å². The molecule has 0 unspecified atom stereocenters. The average molecular weight is 330 g/mol. The first-order valence-corrected chi connectivity index (χ1v) is 7.99. The Balaban J connectivity index is 1.85. The van der Waals surface area contributed by atoms with Crippen LogP contribution in [0.1, 0.15) is 27.3 Å². The molecule has 0 aliphatic carbocycles. The Bertz CT molecular complexity index is 934. The summed E-state index contributed by atoms with van der Waals surface area (Å²) in [7, 11) is 0. The lowest BCUT2D eigenvalue weighted by atomic mass is 10.1. The normalized spacial score (nSPS) is 10.3. The monoisotopic (exact) mass is 330 g/mol. The number of carbonyl (C=O) groups is 1. The van der Waals surface area contributed by atoms with E-state index in [9.17, 15) is 4.79 Å². The van der Waals surface area contributed by atoms with Gasteiger partial charge in [-0.2, -0.15) is 10.4 Å². The fourth-order valence-electron chi connectivity index (χ4n) is 2.78. The smallest absolute Gasteiger partial charge is 0.259 e. The van der Waals surface area contributed by atoms with Gasteiger partial charge >= 0.3 is 0 Å². The van der Waals surface area contributed by atoms with Gasteiger partial charge in [-0.25, -0.2) is 4.68 Å². The first kappa shape index (κ1) is 16.5. The molecule has 3 aromatic rings. The van der Waals surface area contributed by atoms with E-state index in [0.717, 1.165) is 16.9 Å². The summed E-state index contributed by atoms with van der Waals surface area (Å²) in [6.45, 7) is 3.72. The molecule has 0 aliphatic rings. The Labute approximate surface area is 146 Å². The highest BCUT2D eigenvalue weighted by molar-refractivity contribution is 6.05. The first-order valence-electron chi connectivity index (χ1n) is 7.99. The highest BCUT2D eigenvalue weighted by Crippen LogP contribution is 2.19. The van der Waals surface area contributed by atoms with Crippen LogP contribution >= 0.6 is 0 Å². The molecule has 0 radical (unpaired) electrons. The predicted molar refractivity (Wildman–Crippen MR) is 96.8 cm³/mol. The molecule has 25 heavy (non-hydrogen) atoms. The van der Waals surface area contributed by atoms with E-state index < -0.39 is 0 Å². The molecule has 0 spiro atoms. The molecule has 1 N–H and O–H groups in total. The number of rotatable bonds is 4. The van der Waals surface area contributed by atoms with Crippen LogP contribution in [0.5, 0.6) is 0 Å². The Morgan fingerprint density at radius 2 is 1.80 bits per heavy atom. The number of carbonyl (C=O) groups excluding carboxylic acids is 1. The standard InChI is InChI=1S/C20H18N4O/c1-14-19(15(2)24(23-14)18-6-4-3-5-7-18)20(25)22-17-10-8-16(9-11-17)12-13-21/h3-11H,12H2,1-2H3,(H,22,25). The number of nitrogens with one attached hydrogen (secondary N) is 1. The van der Waals surface area contributed by atoms with Crippen LogP contribution in [0.2, 0.25) is 0 Å². The number of anilines is 1. The molecular weight excluding hydrogens is 312 g/mol. The topological polar surface area (TPSA) is 70.7 Å². The minimum absolute atomic E-state index is 0.190. The second-order valence-electron chi connectivity index (χ2n) is 5.78. The van der Waals surface area contributed by atoms with Crippen molar-refractivity contribution in [2.24, 2.45) is 0 Å². The van der Waals surface area contributed by atoms with Gasteiger partial charge in [0.15, 0.2) is 0 Å². The van der Waals surface area contributed by atoms with Crippen LogP contribution in [-0.2, 0) is 6.42 Å². The van der Waals surface area contributed by atoms with Crippen LogP contribution in [0.3, 0.4) is 0 Å². The second kappa shape index (κ2) is 7.02. The zero-order valence-corrected chi connectivity index (χ0v) is 14.2. The quantitative estimate of drug-likeness (QED) is 0.791. The van der Waals surface area contributed by atoms with Crippen LogP contribution in [0.15, 0.2) is 54.6 Å². The van der Waals surface area contributed by atoms with Gasteiger partial charge in [0.1, 0.15) is 0 Å². The molecule has 124 valence electrons. The van der Waals surface area contributed by atoms with E-state index in [2.05, 4.69) is 16.5 Å². The Kier molecular flexibility index (Phi) is 4.62. The fourth-order valence-corrected chi connectivity index (χ4v) is 2.78. The zero-order valence-electron chi connectivity index (χ0n) is 14.2. The van der Waals surface area contributed by atoms with Crippen molar-refractivity contribution >= 4 is 11.6 Å². The summed E-state index contributed by atoms with van der Waals surface area (Å²) in [5, 5.41) is 16.1. The number of hydrogen-bond acceptors (Lipinski definition) is 3. The Morgan fingerprint density at radius 3 is 2.44 bits per heavy atom. The van der Waals surface area contributed by atoms with Crippen molar-refractivity contribution in [2.75, 3.05) is 5.32 Å². The summed E-state index contributed by atoms with van der Waals surface area (Å²) >= 11 is 0. The van der Waals surface area contributed by atoms with Gasteiger partial charge in [-0.1, -0.05) is 30.3 Å². The van der Waals surface area contributed by atoms with E-state index in [1.165, 1.54) is 0 Å². The lowest BCUT2D eigenvalue weighted by Gasteiger charge is -2.07. The molecule has 1 aromatic heterocycles. The molecule has 0 bridgehead atoms. The van der Waals surface area contributed by atoms with E-state index in [-0.39, 0.29) is 5.91 Å². The van der Waals surface area contributed by atoms with Crippen molar-refractivity contribution in [3.8, 4) is 11.8 Å². The van der Waals surface area contributed by atoms with Crippen LogP contribution in [0, 0.1) is 25.2 Å². The largest absolute Gasteiger partial charge is 0.322 e. The Hall–Kier alpha value is -3.39. The first-order chi connectivity index (χ1) is 12.1. The van der Waals surface area contributed by atoms with E-state index in [1.807, 2.05) is 56.3 Å². The van der Waals surface area contributed by atoms with E-state index in [0.29, 0.717) is 23.4 Å². The maximum atomic E-state index is 12.7. The van der Waals surface area contributed by atoms with Gasteiger partial charge in [0.2, 0.25) is 0 Å². The molecule has 0 saturated heterocycles. The van der Waals surface area contributed by atoms with Crippen LogP contribution in [0.4, 0.5) is 5.69 Å². The van der Waals surface area contributed by atoms with Crippen molar-refractivity contribution in [1.29, 1.82) is 5.26 Å². The molecule has 0 saturated carbocycles. The van der Waals surface area contributed by atoms with Gasteiger partial charge in [-0.05, 0) is 43.7 Å². The SMILES string of the molecule is Cc1nn(-c2ccccc2)c(C)c1C(=O)Nc1ccc(CC#N)cc1. The summed E-state index contributed by atoms with van der Waals surface area (Å²) in [6.07, 6.45) is 0.357. The Morgan fingerprint density at radius 1 is 1.12 bits per heavy atom. The number of nitrogens with zero attached hydrogens (tertiary/aromatic N) is 3. The third-order valence-electron chi connectivity index (χ3n) is 4.01. The third kappa shape index (κ3) is 3.43. The van der Waals surface area contributed by atoms with Gasteiger partial charge in [0.05, 0.1) is 35.1 Å². The molecular formula is C20H18N4O. The minimum atomic E-state index is -0.190. The summed E-state index contributed by atoms with van der Waals surface area (Å²) < 4.78 is 1.78. The number of aromatic nitrogens is 2. The number of hydrogen-bond donors (Lipinski definition) is 1. The second-order valence-corrected chi connectivity index (χ2v) is 5.78. The van der Waals surface area contributed by atoms with E-state index in [4.69, 9.17) is 5.26 Å². The van der Waals surface area contributed by atoms with Crippen molar-refractivity contribution in [2.45, 2.75) is 20.3 Å². The average Bonchev–Trinajstić information content (AvgIpc) is 2.92. The maximum absolute atomic E-state index is 12.7. The molecule has 2 aromatic carbocycles. The fraction of sp³-hybridized carbons (Fsp3) is 0.150. The van der Waals surface area contributed by atoms with Crippen LogP contribution in [-0.4, -0.2) is 15.7 Å². The molecule has 3 rings (SSSR count). The summed E-state index contributed by atoms with van der Waals surface area (Å²) in [5.41, 5.74) is 4.58. The summed E-state index contributed by atoms with van der Waals surface area (Å²) in [5.74, 6) is -0.190. The number of para-hydroxylation sites is 1. The zero-order chi connectivity index (χ0) is 17.8. The maximum Gasteiger partial charge on any atom is 0.259 e. The highest BCUT2D eigenvalue weighted by Gasteiger charge is 2.19. The third-order valence-corrected chi connectivity index (χ3v) is 4.01. The highest BCUT2D eigenvalue weighted by atomic mass is 16.1. The molecule has 5 nitrogen and oxygen atoms in total. The lowest BCUT2D eigenvalue weighted by Crippen LogP contribution is -2.14. The number of nitriles is 1. The van der Waals surface area contributed by atoms with Gasteiger partial charge in [0, 0.05) is 5.69 Å². The van der Waals surface area contributed by atoms with E-state index >= 15 is 0 Å². The number of aryl methyl sites for hydroxylation is 1. The molecule has 0 aliphatic heterocycles. The van der Waals surface area contributed by atoms with Crippen LogP contribution < -0.4 is 5.32 Å².